The number of ether oxygens (including phenoxy) is 1. The first-order chi connectivity index (χ1) is 11.6. The lowest BCUT2D eigenvalue weighted by Gasteiger charge is -2.33. The normalized spacial score (nSPS) is 18.6. The van der Waals surface area contributed by atoms with E-state index in [0.717, 1.165) is 61.9 Å². The van der Waals surface area contributed by atoms with E-state index in [2.05, 4.69) is 16.0 Å². The first kappa shape index (κ1) is 17.1. The molecule has 1 aliphatic heterocycles. The summed E-state index contributed by atoms with van der Waals surface area (Å²) < 4.78 is 5.44. The number of hydrogen-bond donors (Lipinski definition) is 1. The number of carboxylic acid groups (broad SMARTS) is 1. The van der Waals surface area contributed by atoms with Gasteiger partial charge in [-0.15, -0.1) is 0 Å². The third-order valence-corrected chi connectivity index (χ3v) is 5.56. The lowest BCUT2D eigenvalue weighted by atomic mass is 9.92. The fourth-order valence-corrected chi connectivity index (χ4v) is 4.10. The quantitative estimate of drug-likeness (QED) is 0.836. The molecule has 3 rings (SSSR count). The van der Waals surface area contributed by atoms with Gasteiger partial charge in [0.25, 0.3) is 0 Å². The Hall–Kier alpha value is -1.78. The van der Waals surface area contributed by atoms with Crippen molar-refractivity contribution in [1.29, 1.82) is 5.26 Å². The van der Waals surface area contributed by atoms with Gasteiger partial charge in [0, 0.05) is 18.8 Å². The fraction of sp³-hybridized carbons (Fsp3) is 0.588. The van der Waals surface area contributed by atoms with E-state index >= 15 is 0 Å². The number of anilines is 1. The predicted molar refractivity (Wildman–Crippen MR) is 91.6 cm³/mol. The molecule has 2 aliphatic rings. The number of carbonyl (C=O) groups is 1. The molecule has 7 heteroatoms. The Morgan fingerprint density at radius 2 is 2.08 bits per heavy atom. The van der Waals surface area contributed by atoms with Crippen LogP contribution >= 0.6 is 11.8 Å². The average molecular weight is 347 g/mol. The van der Waals surface area contributed by atoms with Gasteiger partial charge in [0.2, 0.25) is 0 Å². The third-order valence-electron chi connectivity index (χ3n) is 4.49. The molecule has 2 heterocycles. The van der Waals surface area contributed by atoms with Crippen molar-refractivity contribution in [2.24, 2.45) is 0 Å². The summed E-state index contributed by atoms with van der Waals surface area (Å²) in [6.07, 6.45) is 4.03. The second-order valence-corrected chi connectivity index (χ2v) is 7.41. The van der Waals surface area contributed by atoms with Gasteiger partial charge in [-0.1, -0.05) is 11.8 Å². The van der Waals surface area contributed by atoms with E-state index in [1.54, 1.807) is 6.92 Å². The van der Waals surface area contributed by atoms with Crippen LogP contribution in [0.4, 0.5) is 5.69 Å². The number of nitrogens with zero attached hydrogens (tertiary/aromatic N) is 3. The zero-order chi connectivity index (χ0) is 17.1. The van der Waals surface area contributed by atoms with Crippen LogP contribution in [-0.2, 0) is 22.4 Å². The zero-order valence-electron chi connectivity index (χ0n) is 13.7. The molecule has 1 aromatic rings. The van der Waals surface area contributed by atoms with Crippen molar-refractivity contribution in [3.05, 3.63) is 16.8 Å². The SMILES string of the molecule is CC(Sc1nc2c(c(N3CCOCC3)c1C#N)CCCC2)C(=O)O. The van der Waals surface area contributed by atoms with Crippen LogP contribution in [0.1, 0.15) is 36.6 Å². The maximum absolute atomic E-state index is 11.2. The number of fused-ring (bicyclic) bond motifs is 1. The van der Waals surface area contributed by atoms with Crippen LogP contribution in [0.5, 0.6) is 0 Å². The number of thioether (sulfide) groups is 1. The molecule has 6 nitrogen and oxygen atoms in total. The summed E-state index contributed by atoms with van der Waals surface area (Å²) >= 11 is 1.16. The molecule has 0 radical (unpaired) electrons. The van der Waals surface area contributed by atoms with E-state index in [1.807, 2.05) is 0 Å². The highest BCUT2D eigenvalue weighted by atomic mass is 32.2. The largest absolute Gasteiger partial charge is 0.480 e. The number of aliphatic carboxylic acids is 1. The summed E-state index contributed by atoms with van der Waals surface area (Å²) in [4.78, 5) is 18.1. The molecule has 1 atom stereocenters. The maximum atomic E-state index is 11.2. The predicted octanol–water partition coefficient (Wildman–Crippen LogP) is 2.23. The van der Waals surface area contributed by atoms with Crippen LogP contribution in [0.15, 0.2) is 5.03 Å². The van der Waals surface area contributed by atoms with Gasteiger partial charge in [-0.25, -0.2) is 4.98 Å². The highest BCUT2D eigenvalue weighted by Gasteiger charge is 2.28. The van der Waals surface area contributed by atoms with Crippen molar-refractivity contribution in [3.63, 3.8) is 0 Å². The molecule has 1 N–H and O–H groups in total. The minimum atomic E-state index is -0.892. The molecule has 0 amide bonds. The summed E-state index contributed by atoms with van der Waals surface area (Å²) in [6.45, 7) is 4.43. The summed E-state index contributed by atoms with van der Waals surface area (Å²) in [5, 5.41) is 18.9. The molecule has 1 saturated heterocycles. The van der Waals surface area contributed by atoms with Gasteiger partial charge >= 0.3 is 5.97 Å². The molecule has 128 valence electrons. The molecule has 1 fully saturated rings. The van der Waals surface area contributed by atoms with E-state index in [0.29, 0.717) is 23.8 Å². The summed E-state index contributed by atoms with van der Waals surface area (Å²) in [5.74, 6) is -0.892. The van der Waals surface area contributed by atoms with Crippen LogP contribution in [0.3, 0.4) is 0 Å². The lowest BCUT2D eigenvalue weighted by Crippen LogP contribution is -2.38. The average Bonchev–Trinajstić information content (AvgIpc) is 2.61. The Balaban J connectivity index is 2.09. The topological polar surface area (TPSA) is 86.5 Å². The van der Waals surface area contributed by atoms with Crippen LogP contribution in [0.2, 0.25) is 0 Å². The molecule has 0 bridgehead atoms. The molecular weight excluding hydrogens is 326 g/mol. The number of rotatable bonds is 4. The van der Waals surface area contributed by atoms with Gasteiger partial charge in [0.05, 0.1) is 18.9 Å². The zero-order valence-corrected chi connectivity index (χ0v) is 14.6. The number of morpholine rings is 1. The number of pyridine rings is 1. The number of nitriles is 1. The van der Waals surface area contributed by atoms with Gasteiger partial charge in [-0.3, -0.25) is 4.79 Å². The molecule has 24 heavy (non-hydrogen) atoms. The van der Waals surface area contributed by atoms with Gasteiger partial charge in [-0.2, -0.15) is 5.26 Å². The van der Waals surface area contributed by atoms with Crippen LogP contribution in [0.25, 0.3) is 0 Å². The first-order valence-electron chi connectivity index (χ1n) is 8.29. The summed E-state index contributed by atoms with van der Waals surface area (Å²) in [7, 11) is 0. The molecule has 1 aromatic heterocycles. The maximum Gasteiger partial charge on any atom is 0.316 e. The summed E-state index contributed by atoms with van der Waals surface area (Å²) in [5.41, 5.74) is 3.69. The van der Waals surface area contributed by atoms with Gasteiger partial charge in [0.15, 0.2) is 0 Å². The minimum absolute atomic E-state index is 0.524. The Morgan fingerprint density at radius 3 is 2.75 bits per heavy atom. The van der Waals surface area contributed by atoms with Crippen molar-refractivity contribution in [2.75, 3.05) is 31.2 Å². The van der Waals surface area contributed by atoms with E-state index in [4.69, 9.17) is 4.74 Å². The fourth-order valence-electron chi connectivity index (χ4n) is 3.24. The van der Waals surface area contributed by atoms with Crippen LogP contribution in [-0.4, -0.2) is 47.6 Å². The number of aryl methyl sites for hydroxylation is 1. The molecule has 1 aliphatic carbocycles. The van der Waals surface area contributed by atoms with Gasteiger partial charge < -0.3 is 14.7 Å². The number of carboxylic acids is 1. The number of hydrogen-bond acceptors (Lipinski definition) is 6. The molecule has 1 unspecified atom stereocenters. The molecule has 0 aromatic carbocycles. The van der Waals surface area contributed by atoms with Crippen molar-refractivity contribution in [2.45, 2.75) is 42.9 Å². The Morgan fingerprint density at radius 1 is 1.38 bits per heavy atom. The van der Waals surface area contributed by atoms with Crippen LogP contribution in [0, 0.1) is 11.3 Å². The summed E-state index contributed by atoms with van der Waals surface area (Å²) in [6, 6.07) is 2.30. The standard InChI is InChI=1S/C17H21N3O3S/c1-11(17(21)22)24-16-13(10-18)15(20-6-8-23-9-7-20)12-4-2-3-5-14(12)19-16/h11H,2-9H2,1H3,(H,21,22). The highest BCUT2D eigenvalue weighted by Crippen LogP contribution is 2.38. The monoisotopic (exact) mass is 347 g/mol. The van der Waals surface area contributed by atoms with E-state index in [9.17, 15) is 15.2 Å². The van der Waals surface area contributed by atoms with Gasteiger partial charge in [-0.05, 0) is 38.2 Å². The van der Waals surface area contributed by atoms with E-state index < -0.39 is 11.2 Å². The van der Waals surface area contributed by atoms with Crippen molar-refractivity contribution >= 4 is 23.4 Å². The van der Waals surface area contributed by atoms with Crippen molar-refractivity contribution in [1.82, 2.24) is 4.98 Å². The number of aromatic nitrogens is 1. The van der Waals surface area contributed by atoms with Gasteiger partial charge in [0.1, 0.15) is 21.9 Å². The minimum Gasteiger partial charge on any atom is -0.480 e. The lowest BCUT2D eigenvalue weighted by molar-refractivity contribution is -0.136. The third kappa shape index (κ3) is 3.35. The molecule has 0 saturated carbocycles. The van der Waals surface area contributed by atoms with E-state index in [-0.39, 0.29) is 0 Å². The highest BCUT2D eigenvalue weighted by molar-refractivity contribution is 8.00. The first-order valence-corrected chi connectivity index (χ1v) is 9.17. The van der Waals surface area contributed by atoms with Crippen molar-refractivity contribution < 1.29 is 14.6 Å². The molecule has 0 spiro atoms. The smallest absolute Gasteiger partial charge is 0.316 e. The van der Waals surface area contributed by atoms with E-state index in [1.165, 1.54) is 5.56 Å². The molecular formula is C17H21N3O3S. The second-order valence-electron chi connectivity index (χ2n) is 6.08. The Labute approximate surface area is 145 Å². The van der Waals surface area contributed by atoms with Crippen molar-refractivity contribution in [3.8, 4) is 6.07 Å². The Bertz CT molecular complexity index is 681. The van der Waals surface area contributed by atoms with Crippen LogP contribution < -0.4 is 4.90 Å². The second kappa shape index (κ2) is 7.41. The Kier molecular flexibility index (Phi) is 5.27.